The molecule has 2 rings (SSSR count). The number of benzene rings is 1. The van der Waals surface area contributed by atoms with Crippen LogP contribution in [0.4, 0.5) is 9.18 Å². The first-order valence-electron chi connectivity index (χ1n) is 7.45. The molecular formula is C16H21BrClFN2O2. The van der Waals surface area contributed by atoms with Gasteiger partial charge in [0, 0.05) is 29.7 Å². The van der Waals surface area contributed by atoms with Crippen molar-refractivity contribution in [3.8, 4) is 0 Å². The summed E-state index contributed by atoms with van der Waals surface area (Å²) in [6.07, 6.45) is -0.391. The predicted octanol–water partition coefficient (Wildman–Crippen LogP) is 4.51. The van der Waals surface area contributed by atoms with Gasteiger partial charge in [0.1, 0.15) is 11.4 Å². The van der Waals surface area contributed by atoms with Crippen LogP contribution in [0.5, 0.6) is 0 Å². The van der Waals surface area contributed by atoms with Gasteiger partial charge < -0.3 is 15.0 Å². The number of carbonyl (C=O) groups excluding carboxylic acids is 1. The maximum Gasteiger partial charge on any atom is 0.410 e. The molecule has 1 amide bonds. The fraction of sp³-hybridized carbons (Fsp3) is 0.562. The maximum absolute atomic E-state index is 14.4. The van der Waals surface area contributed by atoms with Gasteiger partial charge in [0.05, 0.1) is 10.5 Å². The molecule has 4 nitrogen and oxygen atoms in total. The summed E-state index contributed by atoms with van der Waals surface area (Å²) in [5.74, 6) is -0.370. The van der Waals surface area contributed by atoms with Gasteiger partial charge in [-0.25, -0.2) is 9.18 Å². The molecule has 1 N–H and O–H groups in total. The molecule has 7 heteroatoms. The van der Waals surface area contributed by atoms with Crippen LogP contribution in [0.3, 0.4) is 0 Å². The normalized spacial score (nSPS) is 22.1. The molecule has 23 heavy (non-hydrogen) atoms. The Kier molecular flexibility index (Phi) is 5.59. The van der Waals surface area contributed by atoms with Crippen molar-refractivity contribution in [3.63, 3.8) is 0 Å². The van der Waals surface area contributed by atoms with Crippen LogP contribution in [0.2, 0.25) is 5.02 Å². The van der Waals surface area contributed by atoms with Crippen molar-refractivity contribution in [2.24, 2.45) is 0 Å². The summed E-state index contributed by atoms with van der Waals surface area (Å²) in [6, 6.07) is 2.77. The molecule has 0 saturated carbocycles. The Morgan fingerprint density at radius 2 is 2.09 bits per heavy atom. The molecule has 1 aromatic carbocycles. The summed E-state index contributed by atoms with van der Waals surface area (Å²) in [5, 5.41) is 3.75. The summed E-state index contributed by atoms with van der Waals surface area (Å²) in [4.78, 5) is 13.9. The van der Waals surface area contributed by atoms with E-state index in [0.29, 0.717) is 28.1 Å². The molecule has 128 valence electrons. The van der Waals surface area contributed by atoms with Gasteiger partial charge in [0.25, 0.3) is 0 Å². The van der Waals surface area contributed by atoms with Crippen LogP contribution >= 0.6 is 27.5 Å². The Hall–Kier alpha value is -0.850. The molecule has 0 radical (unpaired) electrons. The van der Waals surface area contributed by atoms with Crippen LogP contribution in [0.1, 0.15) is 39.3 Å². The summed E-state index contributed by atoms with van der Waals surface area (Å²) < 4.78 is 20.1. The third-order valence-corrected chi connectivity index (χ3v) is 4.23. The highest BCUT2D eigenvalue weighted by Gasteiger charge is 2.32. The second kappa shape index (κ2) is 6.95. The first kappa shape index (κ1) is 18.5. The minimum Gasteiger partial charge on any atom is -0.444 e. The van der Waals surface area contributed by atoms with Crippen LogP contribution in [-0.2, 0) is 4.74 Å². The number of carbonyl (C=O) groups is 1. The monoisotopic (exact) mass is 406 g/mol. The zero-order valence-corrected chi connectivity index (χ0v) is 16.0. The predicted molar refractivity (Wildman–Crippen MR) is 92.3 cm³/mol. The Morgan fingerprint density at radius 3 is 2.70 bits per heavy atom. The minimum atomic E-state index is -0.564. The Morgan fingerprint density at radius 1 is 1.43 bits per heavy atom. The number of amides is 1. The number of hydrogen-bond acceptors (Lipinski definition) is 3. The van der Waals surface area contributed by atoms with Crippen LogP contribution in [0, 0.1) is 5.82 Å². The molecule has 1 aliphatic rings. The van der Waals surface area contributed by atoms with Crippen LogP contribution < -0.4 is 5.32 Å². The molecule has 0 spiro atoms. The van der Waals surface area contributed by atoms with E-state index in [1.54, 1.807) is 11.0 Å². The molecule has 0 unspecified atom stereocenters. The summed E-state index contributed by atoms with van der Waals surface area (Å²) >= 11 is 9.20. The van der Waals surface area contributed by atoms with E-state index in [9.17, 15) is 9.18 Å². The molecule has 0 aromatic heterocycles. The third-order valence-electron chi connectivity index (χ3n) is 3.43. The number of piperazine rings is 1. The molecule has 2 atom stereocenters. The standard InChI is InChI=1S/C16H21BrClFN2O2/c1-9-7-21(15(22)23-16(2,3)4)8-13(20-9)11-5-10(18)6-12(17)14(11)19/h5-6,9,13,20H,7-8H2,1-4H3/t9-,13+/m1/s1. The van der Waals surface area contributed by atoms with Gasteiger partial charge in [0.2, 0.25) is 0 Å². The molecule has 1 saturated heterocycles. The lowest BCUT2D eigenvalue weighted by Crippen LogP contribution is -2.54. The van der Waals surface area contributed by atoms with Gasteiger partial charge in [-0.2, -0.15) is 0 Å². The average molecular weight is 408 g/mol. The molecule has 1 aromatic rings. The van der Waals surface area contributed by atoms with E-state index in [4.69, 9.17) is 16.3 Å². The van der Waals surface area contributed by atoms with E-state index < -0.39 is 11.7 Å². The van der Waals surface area contributed by atoms with Crippen molar-refractivity contribution in [1.29, 1.82) is 0 Å². The first-order chi connectivity index (χ1) is 10.6. The van der Waals surface area contributed by atoms with Gasteiger partial charge in [-0.1, -0.05) is 11.6 Å². The van der Waals surface area contributed by atoms with E-state index >= 15 is 0 Å². The topological polar surface area (TPSA) is 41.6 Å². The number of rotatable bonds is 1. The van der Waals surface area contributed by atoms with Gasteiger partial charge >= 0.3 is 6.09 Å². The Labute approximate surface area is 149 Å². The SMILES string of the molecule is C[C@@H]1CN(C(=O)OC(C)(C)C)C[C@@H](c2cc(Cl)cc(Br)c2F)N1. The van der Waals surface area contributed by atoms with Crippen molar-refractivity contribution in [1.82, 2.24) is 10.2 Å². The number of ether oxygens (including phenoxy) is 1. The van der Waals surface area contributed by atoms with Crippen molar-refractivity contribution in [2.75, 3.05) is 13.1 Å². The lowest BCUT2D eigenvalue weighted by molar-refractivity contribution is 0.0157. The summed E-state index contributed by atoms with van der Waals surface area (Å²) in [7, 11) is 0. The molecule has 0 bridgehead atoms. The van der Waals surface area contributed by atoms with Crippen molar-refractivity contribution < 1.29 is 13.9 Å². The third kappa shape index (κ3) is 4.81. The molecule has 1 aliphatic heterocycles. The van der Waals surface area contributed by atoms with Gasteiger partial charge in [-0.3, -0.25) is 0 Å². The van der Waals surface area contributed by atoms with E-state index in [1.807, 2.05) is 27.7 Å². The molecule has 0 aliphatic carbocycles. The first-order valence-corrected chi connectivity index (χ1v) is 8.62. The highest BCUT2D eigenvalue weighted by Crippen LogP contribution is 2.30. The van der Waals surface area contributed by atoms with E-state index in [0.717, 1.165) is 0 Å². The zero-order valence-electron chi connectivity index (χ0n) is 13.6. The van der Waals surface area contributed by atoms with Crippen LogP contribution in [-0.4, -0.2) is 35.7 Å². The van der Waals surface area contributed by atoms with Crippen LogP contribution in [0.15, 0.2) is 16.6 Å². The van der Waals surface area contributed by atoms with E-state index in [2.05, 4.69) is 21.2 Å². The van der Waals surface area contributed by atoms with Gasteiger partial charge in [0.15, 0.2) is 0 Å². The zero-order chi connectivity index (χ0) is 17.4. The van der Waals surface area contributed by atoms with E-state index in [1.165, 1.54) is 6.07 Å². The minimum absolute atomic E-state index is 0.0124. The van der Waals surface area contributed by atoms with Crippen LogP contribution in [0.25, 0.3) is 0 Å². The Balaban J connectivity index is 2.23. The fourth-order valence-corrected chi connectivity index (χ4v) is 3.40. The number of nitrogens with one attached hydrogen (secondary N) is 1. The van der Waals surface area contributed by atoms with Crippen molar-refractivity contribution in [2.45, 2.75) is 45.4 Å². The van der Waals surface area contributed by atoms with Gasteiger partial charge in [-0.15, -0.1) is 0 Å². The summed E-state index contributed by atoms with van der Waals surface area (Å²) in [5.41, 5.74) is -0.130. The molecular weight excluding hydrogens is 387 g/mol. The van der Waals surface area contributed by atoms with Crippen molar-refractivity contribution >= 4 is 33.6 Å². The number of hydrogen-bond donors (Lipinski definition) is 1. The van der Waals surface area contributed by atoms with E-state index in [-0.39, 0.29) is 17.9 Å². The van der Waals surface area contributed by atoms with Crippen molar-refractivity contribution in [3.05, 3.63) is 33.0 Å². The lowest BCUT2D eigenvalue weighted by Gasteiger charge is -2.38. The number of nitrogens with zero attached hydrogens (tertiary/aromatic N) is 1. The second-order valence-electron chi connectivity index (χ2n) is 6.80. The largest absolute Gasteiger partial charge is 0.444 e. The quantitative estimate of drug-likeness (QED) is 0.696. The second-order valence-corrected chi connectivity index (χ2v) is 8.09. The summed E-state index contributed by atoms with van der Waals surface area (Å²) in [6.45, 7) is 8.24. The molecule has 1 fully saturated rings. The highest BCUT2D eigenvalue weighted by atomic mass is 79.9. The highest BCUT2D eigenvalue weighted by molar-refractivity contribution is 9.10. The smallest absolute Gasteiger partial charge is 0.410 e. The molecule has 1 heterocycles. The average Bonchev–Trinajstić information content (AvgIpc) is 2.40. The lowest BCUT2D eigenvalue weighted by atomic mass is 10.0. The van der Waals surface area contributed by atoms with Gasteiger partial charge in [-0.05, 0) is 55.8 Å². The fourth-order valence-electron chi connectivity index (χ4n) is 2.57. The maximum atomic E-state index is 14.4. The Bertz CT molecular complexity index is 606. The number of halogens is 3.